The molecule has 0 bridgehead atoms. The third kappa shape index (κ3) is 3.01. The number of aromatic amines is 1. The number of carbonyl (C=O) groups excluding carboxylic acids is 1. The Morgan fingerprint density at radius 1 is 1.32 bits per heavy atom. The molecule has 0 unspecified atom stereocenters. The van der Waals surface area contributed by atoms with Gasteiger partial charge in [0.15, 0.2) is 11.5 Å². The first kappa shape index (κ1) is 12.9. The summed E-state index contributed by atoms with van der Waals surface area (Å²) in [6.45, 7) is 0.416. The number of benzene rings is 1. The van der Waals surface area contributed by atoms with Gasteiger partial charge in [0.05, 0.1) is 0 Å². The van der Waals surface area contributed by atoms with E-state index in [-0.39, 0.29) is 17.4 Å². The van der Waals surface area contributed by atoms with Crippen LogP contribution in [0.15, 0.2) is 24.3 Å². The number of nitrogen functional groups attached to an aromatic ring is 1. The average Bonchev–Trinajstić information content (AvgIpc) is 2.83. The number of aromatic nitrogens is 3. The van der Waals surface area contributed by atoms with Crippen LogP contribution in [0, 0.1) is 0 Å². The van der Waals surface area contributed by atoms with Crippen LogP contribution in [-0.2, 0) is 6.54 Å². The fourth-order valence-electron chi connectivity index (χ4n) is 1.58. The monoisotopic (exact) mass is 260 g/mol. The van der Waals surface area contributed by atoms with Crippen molar-refractivity contribution in [3.05, 3.63) is 35.5 Å². The Balaban J connectivity index is 1.95. The van der Waals surface area contributed by atoms with Gasteiger partial charge in [0.25, 0.3) is 5.91 Å². The maximum absolute atomic E-state index is 11.8. The van der Waals surface area contributed by atoms with E-state index in [4.69, 9.17) is 5.73 Å². The molecule has 0 saturated heterocycles. The SMILES string of the molecule is CN(C)c1ccc(CNC(=O)c2n[nH]nc2N)cc1. The van der Waals surface area contributed by atoms with Crippen LogP contribution in [0.25, 0.3) is 0 Å². The molecule has 0 aliphatic rings. The van der Waals surface area contributed by atoms with E-state index in [1.54, 1.807) is 0 Å². The molecule has 1 aromatic carbocycles. The van der Waals surface area contributed by atoms with Gasteiger partial charge in [-0.05, 0) is 17.7 Å². The first-order valence-electron chi connectivity index (χ1n) is 5.78. The second-order valence-corrected chi connectivity index (χ2v) is 4.30. The molecule has 7 heteroatoms. The van der Waals surface area contributed by atoms with Crippen molar-refractivity contribution >= 4 is 17.4 Å². The van der Waals surface area contributed by atoms with Crippen molar-refractivity contribution in [2.45, 2.75) is 6.54 Å². The summed E-state index contributed by atoms with van der Waals surface area (Å²) in [4.78, 5) is 13.8. The molecular weight excluding hydrogens is 244 g/mol. The highest BCUT2D eigenvalue weighted by Crippen LogP contribution is 2.12. The second-order valence-electron chi connectivity index (χ2n) is 4.30. The lowest BCUT2D eigenvalue weighted by molar-refractivity contribution is 0.0947. The van der Waals surface area contributed by atoms with Gasteiger partial charge in [-0.2, -0.15) is 5.21 Å². The molecule has 100 valence electrons. The van der Waals surface area contributed by atoms with Gasteiger partial charge in [0, 0.05) is 26.3 Å². The summed E-state index contributed by atoms with van der Waals surface area (Å²) in [5.74, 6) is -0.247. The van der Waals surface area contributed by atoms with E-state index in [9.17, 15) is 4.79 Å². The van der Waals surface area contributed by atoms with Crippen molar-refractivity contribution in [1.82, 2.24) is 20.7 Å². The van der Waals surface area contributed by atoms with Crippen LogP contribution in [0.4, 0.5) is 11.5 Å². The number of nitrogens with two attached hydrogens (primary N) is 1. The Kier molecular flexibility index (Phi) is 3.65. The van der Waals surface area contributed by atoms with Crippen molar-refractivity contribution in [1.29, 1.82) is 0 Å². The zero-order valence-electron chi connectivity index (χ0n) is 10.8. The number of nitrogens with one attached hydrogen (secondary N) is 2. The Bertz CT molecular complexity index is 560. The first-order chi connectivity index (χ1) is 9.08. The molecule has 1 heterocycles. The van der Waals surface area contributed by atoms with Crippen molar-refractivity contribution < 1.29 is 4.79 Å². The average molecular weight is 260 g/mol. The Morgan fingerprint density at radius 2 is 2.00 bits per heavy atom. The number of anilines is 2. The quantitative estimate of drug-likeness (QED) is 0.738. The van der Waals surface area contributed by atoms with Gasteiger partial charge in [-0.25, -0.2) is 0 Å². The first-order valence-corrected chi connectivity index (χ1v) is 5.78. The predicted molar refractivity (Wildman–Crippen MR) is 72.7 cm³/mol. The minimum absolute atomic E-state index is 0.0976. The molecule has 0 aliphatic carbocycles. The molecule has 1 amide bonds. The van der Waals surface area contributed by atoms with Gasteiger partial charge in [0.2, 0.25) is 0 Å². The summed E-state index contributed by atoms with van der Waals surface area (Å²) in [6.07, 6.45) is 0. The van der Waals surface area contributed by atoms with Gasteiger partial charge in [-0.15, -0.1) is 10.2 Å². The van der Waals surface area contributed by atoms with Crippen LogP contribution < -0.4 is 16.0 Å². The standard InChI is InChI=1S/C12H16N6O/c1-18(2)9-5-3-8(4-6-9)7-14-12(19)10-11(13)16-17-15-10/h3-6H,7H2,1-2H3,(H,14,19)(H3,13,15,16,17). The molecule has 2 rings (SSSR count). The molecule has 0 fully saturated rings. The van der Waals surface area contributed by atoms with Gasteiger partial charge >= 0.3 is 0 Å². The van der Waals surface area contributed by atoms with Crippen LogP contribution in [0.2, 0.25) is 0 Å². The highest BCUT2D eigenvalue weighted by atomic mass is 16.2. The highest BCUT2D eigenvalue weighted by Gasteiger charge is 2.13. The lowest BCUT2D eigenvalue weighted by atomic mass is 10.2. The summed E-state index contributed by atoms with van der Waals surface area (Å²) >= 11 is 0. The highest BCUT2D eigenvalue weighted by molar-refractivity contribution is 5.96. The van der Waals surface area contributed by atoms with Gasteiger partial charge in [0.1, 0.15) is 0 Å². The van der Waals surface area contributed by atoms with Crippen molar-refractivity contribution in [2.75, 3.05) is 24.7 Å². The maximum Gasteiger partial charge on any atom is 0.275 e. The fraction of sp³-hybridized carbons (Fsp3) is 0.250. The number of H-pyrrole nitrogens is 1. The van der Waals surface area contributed by atoms with Crippen molar-refractivity contribution in [2.24, 2.45) is 0 Å². The van der Waals surface area contributed by atoms with E-state index < -0.39 is 0 Å². The molecule has 0 saturated carbocycles. The van der Waals surface area contributed by atoms with E-state index >= 15 is 0 Å². The predicted octanol–water partition coefficient (Wildman–Crippen LogP) is 0.383. The summed E-state index contributed by atoms with van der Waals surface area (Å²) in [5.41, 5.74) is 7.72. The second kappa shape index (κ2) is 5.38. The molecule has 0 aliphatic heterocycles. The number of hydrogen-bond acceptors (Lipinski definition) is 5. The van der Waals surface area contributed by atoms with Crippen LogP contribution >= 0.6 is 0 Å². The van der Waals surface area contributed by atoms with Crippen molar-refractivity contribution in [3.63, 3.8) is 0 Å². The number of rotatable bonds is 4. The van der Waals surface area contributed by atoms with E-state index in [1.807, 2.05) is 43.3 Å². The minimum atomic E-state index is -0.345. The van der Waals surface area contributed by atoms with Crippen LogP contribution in [0.3, 0.4) is 0 Å². The largest absolute Gasteiger partial charge is 0.380 e. The molecular formula is C12H16N6O. The fourth-order valence-corrected chi connectivity index (χ4v) is 1.58. The van der Waals surface area contributed by atoms with E-state index in [0.717, 1.165) is 11.3 Å². The minimum Gasteiger partial charge on any atom is -0.380 e. The number of amides is 1. The summed E-state index contributed by atoms with van der Waals surface area (Å²) in [5, 5.41) is 12.3. The summed E-state index contributed by atoms with van der Waals surface area (Å²) < 4.78 is 0. The van der Waals surface area contributed by atoms with Crippen LogP contribution in [0.1, 0.15) is 16.1 Å². The molecule has 19 heavy (non-hydrogen) atoms. The van der Waals surface area contributed by atoms with Crippen LogP contribution in [0.5, 0.6) is 0 Å². The molecule has 0 atom stereocenters. The molecule has 4 N–H and O–H groups in total. The Hall–Kier alpha value is -2.57. The van der Waals surface area contributed by atoms with Crippen LogP contribution in [-0.4, -0.2) is 35.4 Å². The molecule has 2 aromatic rings. The summed E-state index contributed by atoms with van der Waals surface area (Å²) in [6, 6.07) is 7.90. The zero-order chi connectivity index (χ0) is 13.8. The van der Waals surface area contributed by atoms with E-state index in [2.05, 4.69) is 20.7 Å². The lowest BCUT2D eigenvalue weighted by Gasteiger charge is -2.12. The smallest absolute Gasteiger partial charge is 0.275 e. The Morgan fingerprint density at radius 3 is 2.53 bits per heavy atom. The zero-order valence-corrected chi connectivity index (χ0v) is 10.8. The van der Waals surface area contributed by atoms with Gasteiger partial charge in [-0.3, -0.25) is 4.79 Å². The third-order valence-electron chi connectivity index (χ3n) is 2.70. The topological polar surface area (TPSA) is 99.9 Å². The Labute approximate surface area is 110 Å². The third-order valence-corrected chi connectivity index (χ3v) is 2.70. The lowest BCUT2D eigenvalue weighted by Crippen LogP contribution is -2.24. The van der Waals surface area contributed by atoms with E-state index in [1.165, 1.54) is 0 Å². The molecule has 0 spiro atoms. The summed E-state index contributed by atoms with van der Waals surface area (Å²) in [7, 11) is 3.95. The molecule has 0 radical (unpaired) electrons. The number of hydrogen-bond donors (Lipinski definition) is 3. The normalized spacial score (nSPS) is 10.2. The maximum atomic E-state index is 11.8. The van der Waals surface area contributed by atoms with E-state index in [0.29, 0.717) is 6.54 Å². The van der Waals surface area contributed by atoms with Gasteiger partial charge in [-0.1, -0.05) is 12.1 Å². The molecule has 7 nitrogen and oxygen atoms in total. The number of carbonyl (C=O) groups is 1. The van der Waals surface area contributed by atoms with Crippen molar-refractivity contribution in [3.8, 4) is 0 Å². The molecule has 1 aromatic heterocycles. The number of nitrogens with zero attached hydrogens (tertiary/aromatic N) is 3. The van der Waals surface area contributed by atoms with Gasteiger partial charge < -0.3 is 16.0 Å².